The fourth-order valence-electron chi connectivity index (χ4n) is 4.64. The molecule has 1 atom stereocenters. The fraction of sp³-hybridized carbons (Fsp3) is 0.632. The summed E-state index contributed by atoms with van der Waals surface area (Å²) in [6, 6.07) is 10.8. The molecule has 3 rings (SSSR count). The smallest absolute Gasteiger partial charge is 0.226 e. The van der Waals surface area contributed by atoms with Gasteiger partial charge in [-0.25, -0.2) is 0 Å². The van der Waals surface area contributed by atoms with Crippen molar-refractivity contribution in [3.05, 3.63) is 35.9 Å². The number of benzene rings is 1. The lowest BCUT2D eigenvalue weighted by Gasteiger charge is -2.50. The van der Waals surface area contributed by atoms with Crippen LogP contribution in [0.3, 0.4) is 0 Å². The van der Waals surface area contributed by atoms with Gasteiger partial charge in [-0.1, -0.05) is 30.3 Å². The van der Waals surface area contributed by atoms with Crippen LogP contribution in [0.5, 0.6) is 0 Å². The number of nitrogens with zero attached hydrogens (tertiary/aromatic N) is 1. The predicted octanol–water partition coefficient (Wildman–Crippen LogP) is 2.40. The van der Waals surface area contributed by atoms with Gasteiger partial charge in [-0.2, -0.15) is 0 Å². The highest BCUT2D eigenvalue weighted by molar-refractivity contribution is 5.82. The molecule has 1 spiro atoms. The molecule has 1 aliphatic carbocycles. The van der Waals surface area contributed by atoms with Crippen molar-refractivity contribution >= 4 is 5.91 Å². The van der Waals surface area contributed by atoms with Crippen LogP contribution in [0.2, 0.25) is 0 Å². The monoisotopic (exact) mass is 316 g/mol. The van der Waals surface area contributed by atoms with Crippen LogP contribution < -0.4 is 5.32 Å². The molecule has 0 radical (unpaired) electrons. The Morgan fingerprint density at radius 1 is 1.17 bits per heavy atom. The fourth-order valence-corrected chi connectivity index (χ4v) is 4.64. The lowest BCUT2D eigenvalue weighted by molar-refractivity contribution is -0.127. The summed E-state index contributed by atoms with van der Waals surface area (Å²) in [5, 5.41) is 3.08. The predicted molar refractivity (Wildman–Crippen MR) is 91.1 cm³/mol. The first-order valence-electron chi connectivity index (χ1n) is 8.54. The summed E-state index contributed by atoms with van der Waals surface area (Å²) in [6.07, 6.45) is 4.29. The zero-order valence-electron chi connectivity index (χ0n) is 14.5. The molecule has 1 aromatic carbocycles. The van der Waals surface area contributed by atoms with Gasteiger partial charge in [-0.05, 0) is 45.3 Å². The van der Waals surface area contributed by atoms with Gasteiger partial charge in [-0.15, -0.1) is 0 Å². The molecule has 0 bridgehead atoms. The van der Waals surface area contributed by atoms with Crippen LogP contribution in [0.25, 0.3) is 0 Å². The van der Waals surface area contributed by atoms with Crippen molar-refractivity contribution in [1.82, 2.24) is 10.2 Å². The maximum absolute atomic E-state index is 12.2. The van der Waals surface area contributed by atoms with E-state index in [1.54, 1.807) is 7.11 Å². The third kappa shape index (κ3) is 2.68. The van der Waals surface area contributed by atoms with Crippen molar-refractivity contribution < 1.29 is 9.53 Å². The van der Waals surface area contributed by atoms with Crippen LogP contribution in [0.4, 0.5) is 0 Å². The van der Waals surface area contributed by atoms with Crippen LogP contribution in [0, 0.1) is 11.3 Å². The van der Waals surface area contributed by atoms with Crippen LogP contribution in [-0.4, -0.2) is 45.2 Å². The van der Waals surface area contributed by atoms with Gasteiger partial charge < -0.3 is 10.1 Å². The molecule has 126 valence electrons. The minimum atomic E-state index is 0.00318. The molecular formula is C19H28N2O2. The van der Waals surface area contributed by atoms with E-state index in [0.717, 1.165) is 32.2 Å². The highest BCUT2D eigenvalue weighted by atomic mass is 16.5. The summed E-state index contributed by atoms with van der Waals surface area (Å²) in [7, 11) is 6.04. The lowest BCUT2D eigenvalue weighted by atomic mass is 9.61. The number of methoxy groups -OCH3 is 1. The van der Waals surface area contributed by atoms with Gasteiger partial charge >= 0.3 is 0 Å². The average molecular weight is 316 g/mol. The van der Waals surface area contributed by atoms with Gasteiger partial charge in [0, 0.05) is 24.6 Å². The second-order valence-electron chi connectivity index (χ2n) is 7.38. The Morgan fingerprint density at radius 2 is 1.83 bits per heavy atom. The molecule has 1 N–H and O–H groups in total. The maximum atomic E-state index is 12.2. The van der Waals surface area contributed by atoms with E-state index < -0.39 is 0 Å². The Labute approximate surface area is 139 Å². The van der Waals surface area contributed by atoms with Crippen molar-refractivity contribution in [3.8, 4) is 0 Å². The quantitative estimate of drug-likeness (QED) is 0.927. The number of amides is 1. The maximum Gasteiger partial charge on any atom is 0.226 e. The zero-order chi connectivity index (χ0) is 16.5. The van der Waals surface area contributed by atoms with Crippen molar-refractivity contribution in [2.24, 2.45) is 11.3 Å². The second kappa shape index (κ2) is 6.25. The summed E-state index contributed by atoms with van der Waals surface area (Å²) in [4.78, 5) is 14.6. The summed E-state index contributed by atoms with van der Waals surface area (Å²) >= 11 is 0. The van der Waals surface area contributed by atoms with Crippen LogP contribution >= 0.6 is 0 Å². The molecule has 1 heterocycles. The van der Waals surface area contributed by atoms with E-state index >= 15 is 0 Å². The van der Waals surface area contributed by atoms with E-state index in [1.165, 1.54) is 5.56 Å². The Kier molecular flexibility index (Phi) is 4.47. The van der Waals surface area contributed by atoms with Crippen molar-refractivity contribution in [3.63, 3.8) is 0 Å². The third-order valence-corrected chi connectivity index (χ3v) is 6.24. The van der Waals surface area contributed by atoms with E-state index in [4.69, 9.17) is 4.74 Å². The second-order valence-corrected chi connectivity index (χ2v) is 7.38. The first-order chi connectivity index (χ1) is 11.0. The van der Waals surface area contributed by atoms with Gasteiger partial charge in [-0.3, -0.25) is 9.69 Å². The van der Waals surface area contributed by atoms with E-state index in [0.29, 0.717) is 6.61 Å². The van der Waals surface area contributed by atoms with Gasteiger partial charge in [0.05, 0.1) is 12.5 Å². The molecular weight excluding hydrogens is 288 g/mol. The van der Waals surface area contributed by atoms with E-state index in [2.05, 4.69) is 54.6 Å². The average Bonchev–Trinajstić information content (AvgIpc) is 2.87. The zero-order valence-corrected chi connectivity index (χ0v) is 14.5. The lowest BCUT2D eigenvalue weighted by Crippen LogP contribution is -2.49. The van der Waals surface area contributed by atoms with Crippen molar-refractivity contribution in [1.29, 1.82) is 0 Å². The number of hydrogen-bond donors (Lipinski definition) is 1. The molecule has 23 heavy (non-hydrogen) atoms. The first kappa shape index (κ1) is 16.5. The summed E-state index contributed by atoms with van der Waals surface area (Å²) in [6.45, 7) is 1.34. The summed E-state index contributed by atoms with van der Waals surface area (Å²) in [5.74, 6) is 0.173. The number of ether oxygens (including phenoxy) is 1. The topological polar surface area (TPSA) is 41.6 Å². The molecule has 1 amide bonds. The highest BCUT2D eigenvalue weighted by Gasteiger charge is 2.53. The molecule has 1 aliphatic heterocycles. The normalized spacial score (nSPS) is 34.1. The third-order valence-electron chi connectivity index (χ3n) is 6.24. The molecule has 1 saturated heterocycles. The summed E-state index contributed by atoms with van der Waals surface area (Å²) < 4.78 is 5.34. The standard InChI is InChI=1S/C19H28N2O2/c1-21(2)19(15-7-5-4-6-8-15)11-9-18(10-12-19)14-20-17(22)16(18)13-23-3/h4-8,16H,9-14H2,1-3H3,(H,20,22)/t16-,18?,19?/m0/s1. The van der Waals surface area contributed by atoms with Crippen LogP contribution in [0.15, 0.2) is 30.3 Å². The number of nitrogens with one attached hydrogen (secondary N) is 1. The minimum Gasteiger partial charge on any atom is -0.384 e. The molecule has 1 saturated carbocycles. The van der Waals surface area contributed by atoms with Crippen molar-refractivity contribution in [2.45, 2.75) is 31.2 Å². The Bertz CT molecular complexity index is 548. The number of rotatable bonds is 4. The number of carbonyl (C=O) groups is 1. The Balaban J connectivity index is 1.85. The van der Waals surface area contributed by atoms with E-state index in [9.17, 15) is 4.79 Å². The number of hydrogen-bond acceptors (Lipinski definition) is 3. The van der Waals surface area contributed by atoms with Crippen molar-refractivity contribution in [2.75, 3.05) is 34.4 Å². The molecule has 1 aromatic rings. The number of carbonyl (C=O) groups excluding carboxylic acids is 1. The Morgan fingerprint density at radius 3 is 2.39 bits per heavy atom. The van der Waals surface area contributed by atoms with Gasteiger partial charge in [0.2, 0.25) is 5.91 Å². The Hall–Kier alpha value is -1.39. The van der Waals surface area contributed by atoms with Gasteiger partial charge in [0.1, 0.15) is 0 Å². The molecule has 4 heteroatoms. The van der Waals surface area contributed by atoms with Crippen LogP contribution in [-0.2, 0) is 15.1 Å². The molecule has 0 aromatic heterocycles. The summed E-state index contributed by atoms with van der Waals surface area (Å²) in [5.41, 5.74) is 1.54. The molecule has 0 unspecified atom stereocenters. The highest BCUT2D eigenvalue weighted by Crippen LogP contribution is 2.52. The molecule has 2 fully saturated rings. The van der Waals surface area contributed by atoms with Crippen LogP contribution in [0.1, 0.15) is 31.2 Å². The first-order valence-corrected chi connectivity index (χ1v) is 8.54. The largest absolute Gasteiger partial charge is 0.384 e. The van der Waals surface area contributed by atoms with Gasteiger partial charge in [0.15, 0.2) is 0 Å². The van der Waals surface area contributed by atoms with E-state index in [-0.39, 0.29) is 22.8 Å². The molecule has 4 nitrogen and oxygen atoms in total. The van der Waals surface area contributed by atoms with E-state index in [1.807, 2.05) is 0 Å². The SMILES string of the molecule is COC[C@H]1C(=O)NCC12CCC(c1ccccc1)(N(C)C)CC2. The van der Waals surface area contributed by atoms with Gasteiger partial charge in [0.25, 0.3) is 0 Å². The minimum absolute atomic E-state index is 0.00318. The molecule has 2 aliphatic rings.